The van der Waals surface area contributed by atoms with Crippen LogP contribution in [0.5, 0.6) is 0 Å². The van der Waals surface area contributed by atoms with Gasteiger partial charge in [0, 0.05) is 25.9 Å². The van der Waals surface area contributed by atoms with E-state index in [0.29, 0.717) is 13.0 Å². The minimum absolute atomic E-state index is 0.123. The molecule has 1 N–H and O–H groups in total. The number of imidazole rings is 1. The molecule has 142 valence electrons. The summed E-state index contributed by atoms with van der Waals surface area (Å²) in [5, 5.41) is 3.04. The van der Waals surface area contributed by atoms with E-state index in [9.17, 15) is 4.79 Å². The highest BCUT2D eigenvalue weighted by Gasteiger charge is 2.10. The highest BCUT2D eigenvalue weighted by molar-refractivity contribution is 5.76. The van der Waals surface area contributed by atoms with Gasteiger partial charge in [0.1, 0.15) is 5.82 Å². The second kappa shape index (κ2) is 9.91. The first-order valence-corrected chi connectivity index (χ1v) is 10.0. The molecule has 3 aromatic rings. The predicted molar refractivity (Wildman–Crippen MR) is 111 cm³/mol. The number of hydrogen-bond donors (Lipinski definition) is 1. The number of nitrogens with one attached hydrogen (secondary N) is 1. The normalized spacial score (nSPS) is 11.0. The molecule has 4 heteroatoms. The summed E-state index contributed by atoms with van der Waals surface area (Å²) < 4.78 is 2.34. The van der Waals surface area contributed by atoms with E-state index >= 15 is 0 Å². The zero-order chi connectivity index (χ0) is 18.9. The van der Waals surface area contributed by atoms with Gasteiger partial charge in [0.25, 0.3) is 0 Å². The number of fused-ring (bicyclic) bond motifs is 1. The smallest absolute Gasteiger partial charge is 0.220 e. The summed E-state index contributed by atoms with van der Waals surface area (Å²) in [6.07, 6.45) is 5.45. The Kier molecular flexibility index (Phi) is 7.03. The molecule has 0 atom stereocenters. The third-order valence-electron chi connectivity index (χ3n) is 4.85. The molecule has 1 aromatic heterocycles. The number of carbonyl (C=O) groups excluding carboxylic acids is 1. The van der Waals surface area contributed by atoms with Gasteiger partial charge in [0.05, 0.1) is 11.0 Å². The minimum Gasteiger partial charge on any atom is -0.356 e. The lowest BCUT2D eigenvalue weighted by Crippen LogP contribution is -2.25. The van der Waals surface area contributed by atoms with Crippen molar-refractivity contribution in [1.29, 1.82) is 0 Å². The third-order valence-corrected chi connectivity index (χ3v) is 4.85. The van der Waals surface area contributed by atoms with Crippen LogP contribution in [0.15, 0.2) is 54.6 Å². The van der Waals surface area contributed by atoms with Crippen molar-refractivity contribution in [1.82, 2.24) is 14.9 Å². The van der Waals surface area contributed by atoms with Crippen LogP contribution >= 0.6 is 0 Å². The van der Waals surface area contributed by atoms with E-state index in [-0.39, 0.29) is 5.91 Å². The number of nitrogens with zero attached hydrogens (tertiary/aromatic N) is 2. The van der Waals surface area contributed by atoms with E-state index in [0.717, 1.165) is 43.6 Å². The first-order chi connectivity index (χ1) is 13.3. The zero-order valence-corrected chi connectivity index (χ0v) is 16.2. The van der Waals surface area contributed by atoms with E-state index in [1.807, 2.05) is 24.3 Å². The van der Waals surface area contributed by atoms with E-state index in [4.69, 9.17) is 4.98 Å². The van der Waals surface area contributed by atoms with Crippen molar-refractivity contribution < 1.29 is 4.79 Å². The Morgan fingerprint density at radius 3 is 2.59 bits per heavy atom. The van der Waals surface area contributed by atoms with Crippen molar-refractivity contribution in [3.8, 4) is 0 Å². The Hall–Kier alpha value is -2.62. The molecule has 0 saturated heterocycles. The van der Waals surface area contributed by atoms with Gasteiger partial charge in [0.2, 0.25) is 5.91 Å². The van der Waals surface area contributed by atoms with Crippen LogP contribution in [0.3, 0.4) is 0 Å². The fourth-order valence-corrected chi connectivity index (χ4v) is 3.35. The van der Waals surface area contributed by atoms with Crippen LogP contribution < -0.4 is 5.32 Å². The molecule has 2 aromatic carbocycles. The molecular weight excluding hydrogens is 334 g/mol. The van der Waals surface area contributed by atoms with Gasteiger partial charge in [-0.15, -0.1) is 0 Å². The number of unbranched alkanes of at least 4 members (excludes halogenated alkanes) is 1. The number of aromatic nitrogens is 2. The standard InChI is InChI=1S/C23H29N3O/c1-2-3-18-26-21-13-8-7-12-20(21)25-22(26)14-9-17-24-23(27)16-15-19-10-5-4-6-11-19/h4-8,10-13H,2-3,9,14-18H2,1H3,(H,24,27). The van der Waals surface area contributed by atoms with E-state index in [1.165, 1.54) is 17.5 Å². The van der Waals surface area contributed by atoms with Gasteiger partial charge in [-0.25, -0.2) is 4.98 Å². The quantitative estimate of drug-likeness (QED) is 0.538. The molecule has 4 nitrogen and oxygen atoms in total. The van der Waals surface area contributed by atoms with Gasteiger partial charge in [-0.05, 0) is 37.0 Å². The van der Waals surface area contributed by atoms with Crippen molar-refractivity contribution in [2.24, 2.45) is 0 Å². The first-order valence-electron chi connectivity index (χ1n) is 10.0. The van der Waals surface area contributed by atoms with Crippen LogP contribution in [0, 0.1) is 0 Å². The number of hydrogen-bond acceptors (Lipinski definition) is 2. The second-order valence-corrected chi connectivity index (χ2v) is 6.96. The lowest BCUT2D eigenvalue weighted by molar-refractivity contribution is -0.121. The van der Waals surface area contributed by atoms with Crippen molar-refractivity contribution in [2.75, 3.05) is 6.54 Å². The molecule has 0 aliphatic carbocycles. The molecule has 0 unspecified atom stereocenters. The summed E-state index contributed by atoms with van der Waals surface area (Å²) in [5.74, 6) is 1.25. The average Bonchev–Trinajstić information content (AvgIpc) is 3.06. The summed E-state index contributed by atoms with van der Waals surface area (Å²) in [4.78, 5) is 16.9. The monoisotopic (exact) mass is 363 g/mol. The van der Waals surface area contributed by atoms with E-state index in [1.54, 1.807) is 0 Å². The molecule has 1 amide bonds. The van der Waals surface area contributed by atoms with Crippen LogP contribution in [0.1, 0.15) is 44.0 Å². The molecule has 3 rings (SSSR count). The Labute approximate surface area is 161 Å². The summed E-state index contributed by atoms with van der Waals surface area (Å²) in [7, 11) is 0. The molecule has 1 heterocycles. The van der Waals surface area contributed by atoms with Crippen LogP contribution in [0.25, 0.3) is 11.0 Å². The second-order valence-electron chi connectivity index (χ2n) is 6.96. The van der Waals surface area contributed by atoms with Gasteiger partial charge >= 0.3 is 0 Å². The summed E-state index contributed by atoms with van der Waals surface area (Å²) in [6.45, 7) is 3.92. The number of carbonyl (C=O) groups is 1. The predicted octanol–water partition coefficient (Wildman–Crippen LogP) is 4.52. The number of rotatable bonds is 10. The Bertz CT molecular complexity index is 854. The highest BCUT2D eigenvalue weighted by atomic mass is 16.1. The van der Waals surface area contributed by atoms with Gasteiger partial charge in [-0.2, -0.15) is 0 Å². The van der Waals surface area contributed by atoms with Gasteiger partial charge in [-0.3, -0.25) is 4.79 Å². The van der Waals surface area contributed by atoms with Crippen LogP contribution in [0.4, 0.5) is 0 Å². The number of benzene rings is 2. The number of amides is 1. The van der Waals surface area contributed by atoms with Gasteiger partial charge in [-0.1, -0.05) is 55.8 Å². The molecule has 0 aliphatic rings. The maximum atomic E-state index is 12.0. The zero-order valence-electron chi connectivity index (χ0n) is 16.2. The molecule has 0 radical (unpaired) electrons. The molecule has 0 fully saturated rings. The minimum atomic E-state index is 0.123. The molecule has 0 bridgehead atoms. The lowest BCUT2D eigenvalue weighted by Gasteiger charge is -2.09. The maximum Gasteiger partial charge on any atom is 0.220 e. The topological polar surface area (TPSA) is 46.9 Å². The molecule has 0 aliphatic heterocycles. The maximum absolute atomic E-state index is 12.0. The Morgan fingerprint density at radius 1 is 1.00 bits per heavy atom. The fourth-order valence-electron chi connectivity index (χ4n) is 3.35. The molecule has 0 saturated carbocycles. The summed E-state index contributed by atoms with van der Waals surface area (Å²) in [6, 6.07) is 18.5. The number of aryl methyl sites for hydroxylation is 3. The van der Waals surface area contributed by atoms with Gasteiger partial charge < -0.3 is 9.88 Å². The van der Waals surface area contributed by atoms with E-state index in [2.05, 4.69) is 47.1 Å². The Balaban J connectivity index is 1.47. The lowest BCUT2D eigenvalue weighted by atomic mass is 10.1. The number of para-hydroxylation sites is 2. The van der Waals surface area contributed by atoms with Crippen molar-refractivity contribution >= 4 is 16.9 Å². The van der Waals surface area contributed by atoms with Crippen molar-refractivity contribution in [2.45, 2.75) is 52.0 Å². The van der Waals surface area contributed by atoms with Crippen LogP contribution in [0.2, 0.25) is 0 Å². The molecule has 0 spiro atoms. The van der Waals surface area contributed by atoms with Crippen molar-refractivity contribution in [3.05, 3.63) is 66.0 Å². The first kappa shape index (κ1) is 19.2. The van der Waals surface area contributed by atoms with Crippen LogP contribution in [-0.4, -0.2) is 22.0 Å². The summed E-state index contributed by atoms with van der Waals surface area (Å²) >= 11 is 0. The van der Waals surface area contributed by atoms with Gasteiger partial charge in [0.15, 0.2) is 0 Å². The van der Waals surface area contributed by atoms with Crippen LogP contribution in [-0.2, 0) is 24.2 Å². The Morgan fingerprint density at radius 2 is 1.78 bits per heavy atom. The SMILES string of the molecule is CCCCn1c(CCCNC(=O)CCc2ccccc2)nc2ccccc21. The van der Waals surface area contributed by atoms with Crippen molar-refractivity contribution in [3.63, 3.8) is 0 Å². The highest BCUT2D eigenvalue weighted by Crippen LogP contribution is 2.18. The molecular formula is C23H29N3O. The fraction of sp³-hybridized carbons (Fsp3) is 0.391. The van der Waals surface area contributed by atoms with E-state index < -0.39 is 0 Å². The average molecular weight is 364 g/mol. The summed E-state index contributed by atoms with van der Waals surface area (Å²) in [5.41, 5.74) is 3.49. The molecule has 27 heavy (non-hydrogen) atoms. The third kappa shape index (κ3) is 5.43. The largest absolute Gasteiger partial charge is 0.356 e.